The van der Waals surface area contributed by atoms with E-state index >= 15 is 0 Å². The van der Waals surface area contributed by atoms with Crippen molar-refractivity contribution >= 4 is 0 Å². The highest BCUT2D eigenvalue weighted by molar-refractivity contribution is 4.90. The third-order valence-electron chi connectivity index (χ3n) is 4.20. The van der Waals surface area contributed by atoms with Gasteiger partial charge in [0.15, 0.2) is 6.29 Å². The largest absolute Gasteiger partial charge is 0.352 e. The predicted molar refractivity (Wildman–Crippen MR) is 69.8 cm³/mol. The van der Waals surface area contributed by atoms with Gasteiger partial charge in [0.2, 0.25) is 0 Å². The quantitative estimate of drug-likeness (QED) is 0.758. The molecule has 0 amide bonds. The summed E-state index contributed by atoms with van der Waals surface area (Å²) in [6.45, 7) is 3.70. The zero-order valence-electron chi connectivity index (χ0n) is 11.6. The molecule has 0 aromatic rings. The molecule has 2 fully saturated rings. The lowest BCUT2D eigenvalue weighted by atomic mass is 9.80. The maximum atomic E-state index is 12.2. The lowest BCUT2D eigenvalue weighted by Gasteiger charge is -2.30. The second-order valence-electron chi connectivity index (χ2n) is 6.02. The van der Waals surface area contributed by atoms with Crippen molar-refractivity contribution in [3.05, 3.63) is 12.2 Å². The molecule has 0 unspecified atom stereocenters. The topological polar surface area (TPSA) is 18.5 Å². The fraction of sp³-hybridized carbons (Fsp3) is 0.867. The molecule has 1 saturated carbocycles. The molecule has 0 aromatic carbocycles. The van der Waals surface area contributed by atoms with E-state index in [1.807, 2.05) is 0 Å². The van der Waals surface area contributed by atoms with Gasteiger partial charge >= 0.3 is 0 Å². The summed E-state index contributed by atoms with van der Waals surface area (Å²) in [4.78, 5) is 0. The Hall–Kier alpha value is -0.480. The van der Waals surface area contributed by atoms with Crippen molar-refractivity contribution in [1.82, 2.24) is 0 Å². The van der Waals surface area contributed by atoms with Gasteiger partial charge in [-0.3, -0.25) is 0 Å². The van der Waals surface area contributed by atoms with E-state index in [0.29, 0.717) is 11.8 Å². The molecule has 1 saturated heterocycles. The molecule has 2 aliphatic rings. The third kappa shape index (κ3) is 5.19. The first-order valence-electron chi connectivity index (χ1n) is 7.39. The van der Waals surface area contributed by atoms with E-state index in [1.54, 1.807) is 0 Å². The van der Waals surface area contributed by atoms with Crippen molar-refractivity contribution in [2.75, 3.05) is 13.2 Å². The standard InChI is InChI=1S/C15H24F2O2/c1-11-9-18-15(19-10-11)7-6-12-2-4-13(5-3-12)8-14(16)17/h8,11-13,15H,2-7,9-10H2,1H3. The Bertz CT molecular complexity index is 287. The molecule has 0 radical (unpaired) electrons. The number of ether oxygens (including phenoxy) is 2. The molecule has 0 bridgehead atoms. The first kappa shape index (κ1) is 14.9. The highest BCUT2D eigenvalue weighted by atomic mass is 19.3. The summed E-state index contributed by atoms with van der Waals surface area (Å²) in [7, 11) is 0. The lowest BCUT2D eigenvalue weighted by Crippen LogP contribution is -2.31. The number of rotatable bonds is 4. The summed E-state index contributed by atoms with van der Waals surface area (Å²) in [5, 5.41) is 0. The number of allylic oxidation sites excluding steroid dienone is 1. The van der Waals surface area contributed by atoms with Crippen LogP contribution in [0.3, 0.4) is 0 Å². The number of halogens is 2. The van der Waals surface area contributed by atoms with Crippen LogP contribution in [0, 0.1) is 17.8 Å². The molecule has 1 heterocycles. The van der Waals surface area contributed by atoms with E-state index in [2.05, 4.69) is 6.92 Å². The van der Waals surface area contributed by atoms with Crippen molar-refractivity contribution < 1.29 is 18.3 Å². The fourth-order valence-electron chi connectivity index (χ4n) is 3.00. The van der Waals surface area contributed by atoms with E-state index in [4.69, 9.17) is 9.47 Å². The third-order valence-corrected chi connectivity index (χ3v) is 4.20. The highest BCUT2D eigenvalue weighted by Gasteiger charge is 2.24. The molecule has 1 aliphatic carbocycles. The Morgan fingerprint density at radius 2 is 1.68 bits per heavy atom. The van der Waals surface area contributed by atoms with E-state index in [-0.39, 0.29) is 12.2 Å². The molecule has 0 N–H and O–H groups in total. The molecule has 0 atom stereocenters. The Labute approximate surface area is 114 Å². The molecule has 0 aromatic heterocycles. The van der Waals surface area contributed by atoms with Crippen LogP contribution in [-0.2, 0) is 9.47 Å². The average molecular weight is 274 g/mol. The minimum Gasteiger partial charge on any atom is -0.352 e. The monoisotopic (exact) mass is 274 g/mol. The fourth-order valence-corrected chi connectivity index (χ4v) is 3.00. The van der Waals surface area contributed by atoms with Gasteiger partial charge in [-0.05, 0) is 56.4 Å². The van der Waals surface area contributed by atoms with Gasteiger partial charge in [0.1, 0.15) is 0 Å². The van der Waals surface area contributed by atoms with Crippen LogP contribution in [0.4, 0.5) is 8.78 Å². The summed E-state index contributed by atoms with van der Waals surface area (Å²) in [6.07, 6.45) is 5.48. The van der Waals surface area contributed by atoms with E-state index < -0.39 is 6.08 Å². The SMILES string of the molecule is CC1COC(CCC2CCC(C=C(F)F)CC2)OC1. The molecule has 110 valence electrons. The zero-order valence-corrected chi connectivity index (χ0v) is 11.6. The van der Waals surface area contributed by atoms with Crippen LogP contribution in [0.15, 0.2) is 12.2 Å². The number of hydrogen-bond donors (Lipinski definition) is 0. The maximum Gasteiger partial charge on any atom is 0.266 e. The van der Waals surface area contributed by atoms with Crippen molar-refractivity contribution in [3.8, 4) is 0 Å². The molecule has 0 spiro atoms. The molecule has 2 nitrogen and oxygen atoms in total. The highest BCUT2D eigenvalue weighted by Crippen LogP contribution is 2.33. The normalized spacial score (nSPS) is 35.9. The van der Waals surface area contributed by atoms with Gasteiger partial charge in [-0.1, -0.05) is 6.92 Å². The van der Waals surface area contributed by atoms with Crippen LogP contribution in [-0.4, -0.2) is 19.5 Å². The summed E-state index contributed by atoms with van der Waals surface area (Å²) >= 11 is 0. The van der Waals surface area contributed by atoms with Crippen molar-refractivity contribution in [2.24, 2.45) is 17.8 Å². The molecule has 19 heavy (non-hydrogen) atoms. The average Bonchev–Trinajstić information content (AvgIpc) is 2.39. The maximum absolute atomic E-state index is 12.2. The molecule has 4 heteroatoms. The van der Waals surface area contributed by atoms with Gasteiger partial charge in [0, 0.05) is 5.92 Å². The van der Waals surface area contributed by atoms with Crippen molar-refractivity contribution in [3.63, 3.8) is 0 Å². The smallest absolute Gasteiger partial charge is 0.266 e. The van der Waals surface area contributed by atoms with Gasteiger partial charge in [-0.15, -0.1) is 0 Å². The Morgan fingerprint density at radius 3 is 2.26 bits per heavy atom. The van der Waals surface area contributed by atoms with Crippen molar-refractivity contribution in [1.29, 1.82) is 0 Å². The van der Waals surface area contributed by atoms with Gasteiger partial charge in [-0.2, -0.15) is 8.78 Å². The lowest BCUT2D eigenvalue weighted by molar-refractivity contribution is -0.201. The van der Waals surface area contributed by atoms with Crippen LogP contribution in [0.1, 0.15) is 45.4 Å². The molecular formula is C15H24F2O2. The van der Waals surface area contributed by atoms with Crippen LogP contribution >= 0.6 is 0 Å². The predicted octanol–water partition coefficient (Wildman–Crippen LogP) is 4.36. The van der Waals surface area contributed by atoms with Crippen molar-refractivity contribution in [2.45, 2.75) is 51.7 Å². The Kier molecular flexibility index (Phi) is 5.76. The van der Waals surface area contributed by atoms with Crippen LogP contribution < -0.4 is 0 Å². The summed E-state index contributed by atoms with van der Waals surface area (Å²) in [6, 6.07) is 0. The van der Waals surface area contributed by atoms with E-state index in [0.717, 1.165) is 57.8 Å². The van der Waals surface area contributed by atoms with Gasteiger partial charge in [0.05, 0.1) is 13.2 Å². The Balaban J connectivity index is 1.62. The summed E-state index contributed by atoms with van der Waals surface area (Å²) in [5.74, 6) is 1.23. The summed E-state index contributed by atoms with van der Waals surface area (Å²) in [5.41, 5.74) is 0. The first-order valence-corrected chi connectivity index (χ1v) is 7.39. The van der Waals surface area contributed by atoms with Crippen LogP contribution in [0.25, 0.3) is 0 Å². The second-order valence-corrected chi connectivity index (χ2v) is 6.02. The molecule has 1 aliphatic heterocycles. The van der Waals surface area contributed by atoms with Gasteiger partial charge in [-0.25, -0.2) is 0 Å². The second kappa shape index (κ2) is 7.34. The van der Waals surface area contributed by atoms with Gasteiger partial charge in [0.25, 0.3) is 6.08 Å². The number of hydrogen-bond acceptors (Lipinski definition) is 2. The minimum atomic E-state index is -1.53. The first-order chi connectivity index (χ1) is 9.13. The van der Waals surface area contributed by atoms with E-state index in [1.165, 1.54) is 0 Å². The molecule has 2 rings (SSSR count). The molecular weight excluding hydrogens is 250 g/mol. The summed E-state index contributed by atoms with van der Waals surface area (Å²) < 4.78 is 35.6. The zero-order chi connectivity index (χ0) is 13.7. The minimum absolute atomic E-state index is 0.0443. The van der Waals surface area contributed by atoms with E-state index in [9.17, 15) is 8.78 Å². The Morgan fingerprint density at radius 1 is 1.05 bits per heavy atom. The van der Waals surface area contributed by atoms with Crippen LogP contribution in [0.5, 0.6) is 0 Å². The van der Waals surface area contributed by atoms with Crippen LogP contribution in [0.2, 0.25) is 0 Å². The van der Waals surface area contributed by atoms with Gasteiger partial charge < -0.3 is 9.47 Å².